The van der Waals surface area contributed by atoms with Crippen molar-refractivity contribution >= 4 is 11.7 Å². The van der Waals surface area contributed by atoms with Crippen molar-refractivity contribution in [1.29, 1.82) is 0 Å². The molecule has 2 aliphatic heterocycles. The van der Waals surface area contributed by atoms with Gasteiger partial charge in [0.25, 0.3) is 5.66 Å². The quantitative estimate of drug-likeness (QED) is 0.776. The van der Waals surface area contributed by atoms with E-state index in [1.54, 1.807) is 6.20 Å². The highest BCUT2D eigenvalue weighted by Gasteiger charge is 2.53. The van der Waals surface area contributed by atoms with Crippen LogP contribution in [0.5, 0.6) is 0 Å². The van der Waals surface area contributed by atoms with Gasteiger partial charge >= 0.3 is 5.97 Å². The molecule has 0 atom stereocenters. The first-order chi connectivity index (χ1) is 9.76. The predicted molar refractivity (Wildman–Crippen MR) is 68.4 cm³/mol. The van der Waals surface area contributed by atoms with E-state index in [2.05, 4.69) is 35.2 Å². The van der Waals surface area contributed by atoms with Crippen molar-refractivity contribution < 1.29 is 9.53 Å². The van der Waals surface area contributed by atoms with E-state index in [0.717, 1.165) is 0 Å². The molecular formula is C12H12N6O2. The number of esters is 1. The lowest BCUT2D eigenvalue weighted by Gasteiger charge is -2.15. The highest BCUT2D eigenvalue weighted by Crippen LogP contribution is 2.41. The predicted octanol–water partition coefficient (Wildman–Crippen LogP) is 1.50. The van der Waals surface area contributed by atoms with Crippen LogP contribution in [0.2, 0.25) is 0 Å². The molecule has 1 aromatic heterocycles. The molecule has 8 nitrogen and oxygen atoms in total. The molecule has 0 spiro atoms. The SMILES string of the molecule is COC(=O)CCN=C1C2N=NC1(c1ccccn1)N=N2. The largest absolute Gasteiger partial charge is 0.469 e. The fourth-order valence-electron chi connectivity index (χ4n) is 2.08. The summed E-state index contributed by atoms with van der Waals surface area (Å²) in [6, 6.07) is 5.46. The Bertz CT molecular complexity index is 596. The third-order valence-corrected chi connectivity index (χ3v) is 3.07. The molecule has 0 saturated carbocycles. The van der Waals surface area contributed by atoms with Crippen LogP contribution in [0.4, 0.5) is 0 Å². The van der Waals surface area contributed by atoms with Crippen molar-refractivity contribution in [1.82, 2.24) is 4.98 Å². The van der Waals surface area contributed by atoms with E-state index in [1.165, 1.54) is 7.11 Å². The molecule has 0 saturated heterocycles. The van der Waals surface area contributed by atoms with Gasteiger partial charge in [-0.2, -0.15) is 10.2 Å². The van der Waals surface area contributed by atoms with Gasteiger partial charge in [0.1, 0.15) is 5.71 Å². The molecule has 3 rings (SSSR count). The Balaban J connectivity index is 1.86. The van der Waals surface area contributed by atoms with Gasteiger partial charge in [0, 0.05) is 12.7 Å². The number of fused-ring (bicyclic) bond motifs is 2. The molecule has 0 aliphatic carbocycles. The number of carbonyl (C=O) groups is 1. The summed E-state index contributed by atoms with van der Waals surface area (Å²) >= 11 is 0. The van der Waals surface area contributed by atoms with E-state index in [-0.39, 0.29) is 12.4 Å². The summed E-state index contributed by atoms with van der Waals surface area (Å²) in [5.74, 6) is -0.311. The summed E-state index contributed by atoms with van der Waals surface area (Å²) in [5.41, 5.74) is 0.201. The van der Waals surface area contributed by atoms with Crippen molar-refractivity contribution in [2.75, 3.05) is 13.7 Å². The molecule has 0 N–H and O–H groups in total. The Kier molecular flexibility index (Phi) is 3.05. The van der Waals surface area contributed by atoms with Crippen LogP contribution in [0.25, 0.3) is 0 Å². The lowest BCUT2D eigenvalue weighted by molar-refractivity contribution is -0.140. The Hall–Kier alpha value is -2.51. The summed E-state index contributed by atoms with van der Waals surface area (Å²) in [4.78, 5) is 19.8. The molecule has 0 fully saturated rings. The minimum absolute atomic E-state index is 0.199. The van der Waals surface area contributed by atoms with Gasteiger partial charge in [-0.1, -0.05) is 6.07 Å². The van der Waals surface area contributed by atoms with Crippen LogP contribution >= 0.6 is 0 Å². The van der Waals surface area contributed by atoms with Crippen molar-refractivity contribution in [3.8, 4) is 0 Å². The number of nitrogens with zero attached hydrogens (tertiary/aromatic N) is 6. The number of azo groups is 2. The second kappa shape index (κ2) is 4.87. The number of methoxy groups -OCH3 is 1. The van der Waals surface area contributed by atoms with E-state index < -0.39 is 11.8 Å². The number of pyridine rings is 1. The van der Waals surface area contributed by atoms with Gasteiger partial charge in [0.15, 0.2) is 0 Å². The van der Waals surface area contributed by atoms with Crippen LogP contribution in [-0.4, -0.2) is 36.5 Å². The number of aliphatic imine (C=N–C) groups is 1. The third-order valence-electron chi connectivity index (χ3n) is 3.07. The minimum atomic E-state index is -1.04. The monoisotopic (exact) mass is 272 g/mol. The topological polar surface area (TPSA) is 101 Å². The van der Waals surface area contributed by atoms with Gasteiger partial charge in [-0.25, -0.2) is 0 Å². The average Bonchev–Trinajstić information content (AvgIpc) is 3.04. The van der Waals surface area contributed by atoms with Gasteiger partial charge in [-0.3, -0.25) is 14.8 Å². The summed E-state index contributed by atoms with van der Waals surface area (Å²) < 4.78 is 4.58. The van der Waals surface area contributed by atoms with Crippen molar-refractivity contribution in [3.63, 3.8) is 0 Å². The van der Waals surface area contributed by atoms with Crippen LogP contribution in [0, 0.1) is 0 Å². The first-order valence-electron chi connectivity index (χ1n) is 6.13. The van der Waals surface area contributed by atoms with Crippen LogP contribution < -0.4 is 0 Å². The maximum atomic E-state index is 11.1. The van der Waals surface area contributed by atoms with E-state index in [0.29, 0.717) is 18.0 Å². The van der Waals surface area contributed by atoms with Crippen LogP contribution in [0.1, 0.15) is 12.1 Å². The molecule has 3 heterocycles. The number of rotatable bonds is 4. The molecule has 2 bridgehead atoms. The fourth-order valence-corrected chi connectivity index (χ4v) is 2.08. The molecule has 8 heteroatoms. The van der Waals surface area contributed by atoms with Gasteiger partial charge in [-0.15, -0.1) is 10.2 Å². The Morgan fingerprint density at radius 1 is 1.40 bits per heavy atom. The third kappa shape index (κ3) is 1.89. The average molecular weight is 272 g/mol. The number of carbonyl (C=O) groups excluding carboxylic acids is 1. The number of hydrogen-bond acceptors (Lipinski definition) is 8. The zero-order valence-electron chi connectivity index (χ0n) is 10.8. The Labute approximate surface area is 114 Å². The van der Waals surface area contributed by atoms with Gasteiger partial charge in [0.2, 0.25) is 6.17 Å². The normalized spacial score (nSPS) is 28.2. The zero-order chi connectivity index (χ0) is 14.0. The molecule has 0 amide bonds. The van der Waals surface area contributed by atoms with E-state index in [9.17, 15) is 4.79 Å². The second-order valence-corrected chi connectivity index (χ2v) is 4.28. The number of ether oxygens (including phenoxy) is 1. The molecule has 102 valence electrons. The fraction of sp³-hybridized carbons (Fsp3) is 0.417. The lowest BCUT2D eigenvalue weighted by Crippen LogP contribution is -2.30. The van der Waals surface area contributed by atoms with Crippen LogP contribution in [0.15, 0.2) is 49.8 Å². The van der Waals surface area contributed by atoms with E-state index in [4.69, 9.17) is 0 Å². The molecule has 0 aromatic carbocycles. The van der Waals surface area contributed by atoms with Gasteiger partial charge in [-0.05, 0) is 12.1 Å². The van der Waals surface area contributed by atoms with Gasteiger partial charge in [0.05, 0.1) is 19.2 Å². The van der Waals surface area contributed by atoms with Crippen LogP contribution in [0.3, 0.4) is 0 Å². The first-order valence-corrected chi connectivity index (χ1v) is 6.13. The molecule has 0 radical (unpaired) electrons. The minimum Gasteiger partial charge on any atom is -0.469 e. The number of hydrogen-bond donors (Lipinski definition) is 0. The Morgan fingerprint density at radius 3 is 2.85 bits per heavy atom. The second-order valence-electron chi connectivity index (χ2n) is 4.28. The standard InChI is InChI=1S/C12H12N6O2/c1-20-9(19)5-7-14-10-11-15-17-12(10,18-16-11)8-4-2-3-6-13-8/h2-4,6,11H,5,7H2,1H3. The van der Waals surface area contributed by atoms with Crippen molar-refractivity contribution in [2.45, 2.75) is 18.2 Å². The molecule has 2 aliphatic rings. The van der Waals surface area contributed by atoms with Crippen molar-refractivity contribution in [3.05, 3.63) is 30.1 Å². The molecule has 1 aromatic rings. The summed E-state index contributed by atoms with van der Waals surface area (Å²) in [6.07, 6.45) is 1.37. The number of aromatic nitrogens is 1. The van der Waals surface area contributed by atoms with Crippen molar-refractivity contribution in [2.24, 2.45) is 25.4 Å². The van der Waals surface area contributed by atoms with E-state index >= 15 is 0 Å². The zero-order valence-corrected chi connectivity index (χ0v) is 10.8. The molecular weight excluding hydrogens is 260 g/mol. The Morgan fingerprint density at radius 2 is 2.20 bits per heavy atom. The first kappa shape index (κ1) is 12.5. The van der Waals surface area contributed by atoms with Gasteiger partial charge < -0.3 is 4.74 Å². The van der Waals surface area contributed by atoms with E-state index in [1.807, 2.05) is 18.2 Å². The highest BCUT2D eigenvalue weighted by molar-refractivity contribution is 6.00. The lowest BCUT2D eigenvalue weighted by atomic mass is 10.0. The maximum absolute atomic E-state index is 11.1. The maximum Gasteiger partial charge on any atom is 0.307 e. The molecule has 20 heavy (non-hydrogen) atoms. The summed E-state index contributed by atoms with van der Waals surface area (Å²) in [6.45, 7) is 0.295. The highest BCUT2D eigenvalue weighted by atomic mass is 16.5. The smallest absolute Gasteiger partial charge is 0.307 e. The summed E-state index contributed by atoms with van der Waals surface area (Å²) in [5, 5.41) is 16.4. The van der Waals surface area contributed by atoms with Crippen LogP contribution in [-0.2, 0) is 15.2 Å². The molecule has 0 unspecified atom stereocenters. The summed E-state index contributed by atoms with van der Waals surface area (Å²) in [7, 11) is 1.35.